The fourth-order valence-corrected chi connectivity index (χ4v) is 2.16. The summed E-state index contributed by atoms with van der Waals surface area (Å²) in [5, 5.41) is 0.614. The Morgan fingerprint density at radius 1 is 1.41 bits per heavy atom. The number of pyridine rings is 1. The van der Waals surface area contributed by atoms with E-state index in [-0.39, 0.29) is 0 Å². The van der Waals surface area contributed by atoms with E-state index in [1.165, 1.54) is 0 Å². The highest BCUT2D eigenvalue weighted by Gasteiger charge is 2.14. The standard InChI is InChI=1S/C13H22ClN3/c1-5-17(11(2)9-16(3)4)10-12-7-6-8-15-13(12)14/h6-8,11H,5,9-10H2,1-4H3. The molecule has 0 N–H and O–H groups in total. The maximum atomic E-state index is 6.09. The van der Waals surface area contributed by atoms with Gasteiger partial charge >= 0.3 is 0 Å². The zero-order valence-electron chi connectivity index (χ0n) is 11.2. The molecule has 17 heavy (non-hydrogen) atoms. The van der Waals surface area contributed by atoms with E-state index in [9.17, 15) is 0 Å². The molecular weight excluding hydrogens is 234 g/mol. The van der Waals surface area contributed by atoms with Gasteiger partial charge in [-0.3, -0.25) is 4.90 Å². The van der Waals surface area contributed by atoms with Crippen molar-refractivity contribution in [2.75, 3.05) is 27.2 Å². The molecule has 0 saturated carbocycles. The minimum Gasteiger partial charge on any atom is -0.308 e. The molecule has 1 aromatic heterocycles. The highest BCUT2D eigenvalue weighted by molar-refractivity contribution is 6.30. The first-order valence-corrected chi connectivity index (χ1v) is 6.40. The number of rotatable bonds is 6. The van der Waals surface area contributed by atoms with Gasteiger partial charge in [-0.15, -0.1) is 0 Å². The van der Waals surface area contributed by atoms with Crippen molar-refractivity contribution in [1.29, 1.82) is 0 Å². The normalized spacial score (nSPS) is 13.4. The first-order valence-electron chi connectivity index (χ1n) is 6.02. The maximum Gasteiger partial charge on any atom is 0.133 e. The van der Waals surface area contributed by atoms with Gasteiger partial charge in [0.15, 0.2) is 0 Å². The molecule has 0 aliphatic carbocycles. The van der Waals surface area contributed by atoms with Gasteiger partial charge in [-0.05, 0) is 33.6 Å². The van der Waals surface area contributed by atoms with Gasteiger partial charge in [-0.1, -0.05) is 24.6 Å². The molecule has 0 aromatic carbocycles. The Kier molecular flexibility index (Phi) is 5.89. The van der Waals surface area contributed by atoms with E-state index in [2.05, 4.69) is 42.7 Å². The molecular formula is C13H22ClN3. The molecule has 0 fully saturated rings. The average Bonchev–Trinajstić information content (AvgIpc) is 2.27. The van der Waals surface area contributed by atoms with Crippen molar-refractivity contribution in [2.24, 2.45) is 0 Å². The Bertz CT molecular complexity index is 341. The molecule has 1 heterocycles. The number of hydrogen-bond donors (Lipinski definition) is 0. The van der Waals surface area contributed by atoms with Crippen LogP contribution in [0.25, 0.3) is 0 Å². The van der Waals surface area contributed by atoms with Crippen LogP contribution in [0, 0.1) is 0 Å². The van der Waals surface area contributed by atoms with Gasteiger partial charge in [0.05, 0.1) is 0 Å². The lowest BCUT2D eigenvalue weighted by Crippen LogP contribution is -2.39. The van der Waals surface area contributed by atoms with Crippen molar-refractivity contribution in [3.8, 4) is 0 Å². The summed E-state index contributed by atoms with van der Waals surface area (Å²) in [5.41, 5.74) is 1.10. The molecule has 3 nitrogen and oxygen atoms in total. The van der Waals surface area contributed by atoms with Gasteiger partial charge in [-0.25, -0.2) is 4.98 Å². The lowest BCUT2D eigenvalue weighted by molar-refractivity contribution is 0.174. The van der Waals surface area contributed by atoms with Crippen LogP contribution in [-0.2, 0) is 6.54 Å². The second kappa shape index (κ2) is 6.94. The first-order chi connectivity index (χ1) is 8.04. The van der Waals surface area contributed by atoms with Gasteiger partial charge in [0.1, 0.15) is 5.15 Å². The van der Waals surface area contributed by atoms with E-state index in [4.69, 9.17) is 11.6 Å². The third kappa shape index (κ3) is 4.62. The number of aromatic nitrogens is 1. The number of likely N-dealkylation sites (N-methyl/N-ethyl adjacent to an activating group) is 2. The molecule has 1 aromatic rings. The summed E-state index contributed by atoms with van der Waals surface area (Å²) < 4.78 is 0. The molecule has 1 unspecified atom stereocenters. The Hall–Kier alpha value is -0.640. The van der Waals surface area contributed by atoms with Crippen LogP contribution in [0.1, 0.15) is 19.4 Å². The second-order valence-electron chi connectivity index (χ2n) is 4.63. The monoisotopic (exact) mass is 255 g/mol. The molecule has 96 valence electrons. The molecule has 0 amide bonds. The van der Waals surface area contributed by atoms with Crippen molar-refractivity contribution >= 4 is 11.6 Å². The third-order valence-corrected chi connectivity index (χ3v) is 3.21. The van der Waals surface area contributed by atoms with Crippen LogP contribution < -0.4 is 0 Å². The SMILES string of the molecule is CCN(Cc1cccnc1Cl)C(C)CN(C)C. The Morgan fingerprint density at radius 3 is 2.65 bits per heavy atom. The number of halogens is 1. The van der Waals surface area contributed by atoms with Gasteiger partial charge < -0.3 is 4.90 Å². The van der Waals surface area contributed by atoms with E-state index in [0.717, 1.165) is 25.2 Å². The third-order valence-electron chi connectivity index (χ3n) is 2.87. The van der Waals surface area contributed by atoms with E-state index in [1.807, 2.05) is 12.1 Å². The van der Waals surface area contributed by atoms with Crippen molar-refractivity contribution in [2.45, 2.75) is 26.4 Å². The van der Waals surface area contributed by atoms with Crippen LogP contribution >= 0.6 is 11.6 Å². The summed E-state index contributed by atoms with van der Waals surface area (Å²) in [6, 6.07) is 4.48. The fraction of sp³-hybridized carbons (Fsp3) is 0.615. The lowest BCUT2D eigenvalue weighted by Gasteiger charge is -2.30. The quantitative estimate of drug-likeness (QED) is 0.729. The average molecular weight is 256 g/mol. The summed E-state index contributed by atoms with van der Waals surface area (Å²) in [6.07, 6.45) is 1.73. The van der Waals surface area contributed by atoms with Crippen LogP contribution in [0.2, 0.25) is 5.15 Å². The van der Waals surface area contributed by atoms with E-state index >= 15 is 0 Å². The van der Waals surface area contributed by atoms with E-state index < -0.39 is 0 Å². The molecule has 0 aliphatic rings. The minimum absolute atomic E-state index is 0.506. The fourth-order valence-electron chi connectivity index (χ4n) is 1.98. The number of hydrogen-bond acceptors (Lipinski definition) is 3. The summed E-state index contributed by atoms with van der Waals surface area (Å²) in [7, 11) is 4.20. The molecule has 0 bridgehead atoms. The summed E-state index contributed by atoms with van der Waals surface area (Å²) in [5.74, 6) is 0. The van der Waals surface area contributed by atoms with Crippen molar-refractivity contribution in [3.63, 3.8) is 0 Å². The first kappa shape index (κ1) is 14.4. The molecule has 1 atom stereocenters. The Morgan fingerprint density at radius 2 is 2.12 bits per heavy atom. The molecule has 0 radical (unpaired) electrons. The van der Waals surface area contributed by atoms with Gasteiger partial charge in [-0.2, -0.15) is 0 Å². The predicted octanol–water partition coefficient (Wildman–Crippen LogP) is 2.51. The van der Waals surface area contributed by atoms with E-state index in [1.54, 1.807) is 6.20 Å². The Labute approximate surface area is 109 Å². The van der Waals surface area contributed by atoms with Gasteiger partial charge in [0, 0.05) is 30.9 Å². The number of nitrogens with zero attached hydrogens (tertiary/aromatic N) is 3. The second-order valence-corrected chi connectivity index (χ2v) is 4.99. The molecule has 4 heteroatoms. The highest BCUT2D eigenvalue weighted by atomic mass is 35.5. The molecule has 1 rings (SSSR count). The Balaban J connectivity index is 2.66. The topological polar surface area (TPSA) is 19.4 Å². The van der Waals surface area contributed by atoms with Crippen molar-refractivity contribution < 1.29 is 0 Å². The summed E-state index contributed by atoms with van der Waals surface area (Å²) in [4.78, 5) is 8.73. The van der Waals surface area contributed by atoms with Crippen LogP contribution in [0.4, 0.5) is 0 Å². The van der Waals surface area contributed by atoms with Gasteiger partial charge in [0.2, 0.25) is 0 Å². The zero-order chi connectivity index (χ0) is 12.8. The predicted molar refractivity (Wildman–Crippen MR) is 73.3 cm³/mol. The smallest absolute Gasteiger partial charge is 0.133 e. The van der Waals surface area contributed by atoms with Gasteiger partial charge in [0.25, 0.3) is 0 Å². The summed E-state index contributed by atoms with van der Waals surface area (Å²) in [6.45, 7) is 7.34. The van der Waals surface area contributed by atoms with Crippen LogP contribution in [0.15, 0.2) is 18.3 Å². The summed E-state index contributed by atoms with van der Waals surface area (Å²) >= 11 is 6.09. The lowest BCUT2D eigenvalue weighted by atomic mass is 10.2. The molecule has 0 saturated heterocycles. The van der Waals surface area contributed by atoms with Crippen molar-refractivity contribution in [3.05, 3.63) is 29.0 Å². The maximum absolute atomic E-state index is 6.09. The van der Waals surface area contributed by atoms with Crippen LogP contribution in [0.5, 0.6) is 0 Å². The van der Waals surface area contributed by atoms with Crippen LogP contribution in [0.3, 0.4) is 0 Å². The largest absolute Gasteiger partial charge is 0.308 e. The van der Waals surface area contributed by atoms with Crippen molar-refractivity contribution in [1.82, 2.24) is 14.8 Å². The molecule has 0 spiro atoms. The zero-order valence-corrected chi connectivity index (χ0v) is 11.9. The highest BCUT2D eigenvalue weighted by Crippen LogP contribution is 2.15. The van der Waals surface area contributed by atoms with E-state index in [0.29, 0.717) is 11.2 Å². The molecule has 0 aliphatic heterocycles. The van der Waals surface area contributed by atoms with Crippen LogP contribution in [-0.4, -0.2) is 48.0 Å². The minimum atomic E-state index is 0.506.